The zero-order chi connectivity index (χ0) is 20.1. The fourth-order valence-corrected chi connectivity index (χ4v) is 5.51. The van der Waals surface area contributed by atoms with E-state index in [2.05, 4.69) is 59.7 Å². The predicted octanol–water partition coefficient (Wildman–Crippen LogP) is 3.50. The maximum Gasteiger partial charge on any atom is 0.271 e. The largest absolute Gasteiger partial charge is 0.332 e. The summed E-state index contributed by atoms with van der Waals surface area (Å²) in [4.78, 5) is 26.0. The summed E-state index contributed by atoms with van der Waals surface area (Å²) in [5, 5.41) is 5.12. The minimum absolute atomic E-state index is 0.0719. The van der Waals surface area contributed by atoms with Crippen molar-refractivity contribution >= 4 is 17.7 Å². The molecule has 0 saturated carbocycles. The average Bonchev–Trinajstić information content (AvgIpc) is 2.89. The summed E-state index contributed by atoms with van der Waals surface area (Å²) in [5.74, 6) is 0.698. The number of hydrogen-bond acceptors (Lipinski definition) is 4. The van der Waals surface area contributed by atoms with Crippen LogP contribution in [0.1, 0.15) is 44.3 Å². The summed E-state index contributed by atoms with van der Waals surface area (Å²) in [6, 6.07) is 16.4. The molecule has 0 spiro atoms. The van der Waals surface area contributed by atoms with Crippen LogP contribution in [-0.2, 0) is 5.75 Å². The maximum absolute atomic E-state index is 12.6. The lowest BCUT2D eigenvalue weighted by Crippen LogP contribution is -2.54. The Morgan fingerprint density at radius 2 is 1.79 bits per heavy atom. The first-order valence-corrected chi connectivity index (χ1v) is 10.6. The third-order valence-corrected chi connectivity index (χ3v) is 6.95. The maximum atomic E-state index is 12.6. The molecule has 146 valence electrons. The van der Waals surface area contributed by atoms with Gasteiger partial charge in [0.25, 0.3) is 5.91 Å². The molecule has 3 aromatic rings. The lowest BCUT2D eigenvalue weighted by molar-refractivity contribution is 0.0919. The number of nitrogens with one attached hydrogen (secondary N) is 1. The van der Waals surface area contributed by atoms with Crippen molar-refractivity contribution in [2.24, 2.45) is 0 Å². The quantitative estimate of drug-likeness (QED) is 0.676. The number of benzene rings is 2. The van der Waals surface area contributed by atoms with Crippen molar-refractivity contribution in [1.29, 1.82) is 0 Å². The Hall–Kier alpha value is -2.99. The second-order valence-corrected chi connectivity index (χ2v) is 8.49. The summed E-state index contributed by atoms with van der Waals surface area (Å²) >= 11 is 1.85. The van der Waals surface area contributed by atoms with Crippen LogP contribution in [0.4, 0.5) is 0 Å². The van der Waals surface area contributed by atoms with Crippen molar-refractivity contribution in [3.8, 4) is 0 Å². The van der Waals surface area contributed by atoms with E-state index in [1.807, 2.05) is 16.4 Å². The molecule has 1 amide bonds. The molecule has 6 heteroatoms. The third kappa shape index (κ3) is 2.78. The van der Waals surface area contributed by atoms with Crippen molar-refractivity contribution in [3.05, 3.63) is 98.5 Å². The van der Waals surface area contributed by atoms with Crippen molar-refractivity contribution in [2.75, 3.05) is 11.7 Å². The van der Waals surface area contributed by atoms with Crippen LogP contribution >= 0.6 is 11.8 Å². The zero-order valence-electron chi connectivity index (χ0n) is 16.3. The molecule has 0 saturated heterocycles. The van der Waals surface area contributed by atoms with E-state index in [4.69, 9.17) is 0 Å². The lowest BCUT2D eigenvalue weighted by atomic mass is 9.92. The van der Waals surface area contributed by atoms with Gasteiger partial charge in [-0.05, 0) is 42.2 Å². The molecule has 0 fully saturated rings. The third-order valence-electron chi connectivity index (χ3n) is 5.84. The Balaban J connectivity index is 1.78. The van der Waals surface area contributed by atoms with Crippen molar-refractivity contribution in [2.45, 2.75) is 30.5 Å². The van der Waals surface area contributed by atoms with Gasteiger partial charge in [-0.3, -0.25) is 19.3 Å². The molecule has 3 heterocycles. The molecular formula is C23H21N3O2S. The predicted molar refractivity (Wildman–Crippen MR) is 115 cm³/mol. The minimum Gasteiger partial charge on any atom is -0.332 e. The van der Waals surface area contributed by atoms with Gasteiger partial charge < -0.3 is 5.32 Å². The summed E-state index contributed by atoms with van der Waals surface area (Å²) in [6.07, 6.45) is 1.72. The molecule has 5 nitrogen and oxygen atoms in total. The van der Waals surface area contributed by atoms with E-state index in [-0.39, 0.29) is 17.4 Å². The molecule has 0 bridgehead atoms. The number of carbonyl (C=O) groups excluding carboxylic acids is 1. The fraction of sp³-hybridized carbons (Fsp3) is 0.217. The molecule has 2 aromatic carbocycles. The van der Waals surface area contributed by atoms with Gasteiger partial charge in [0.2, 0.25) is 0 Å². The Morgan fingerprint density at radius 3 is 2.66 bits per heavy atom. The summed E-state index contributed by atoms with van der Waals surface area (Å²) in [7, 11) is 0. The van der Waals surface area contributed by atoms with E-state index >= 15 is 0 Å². The number of thioether (sulfide) groups is 1. The van der Waals surface area contributed by atoms with Gasteiger partial charge in [0.15, 0.2) is 5.43 Å². The molecule has 1 aromatic heterocycles. The van der Waals surface area contributed by atoms with E-state index < -0.39 is 0 Å². The Bertz CT molecular complexity index is 1200. The molecule has 0 radical (unpaired) electrons. The standard InChI is InChI=1S/C23H21N3O2S/c1-14-6-5-8-16-18(14)12-29-20-9-4-3-7-17(20)22(16)26-13-24-23(28)21-15(2)19(27)10-11-25(21)26/h3-11,22H,12-13H2,1-2H3,(H,24,28). The molecular weight excluding hydrogens is 382 g/mol. The smallest absolute Gasteiger partial charge is 0.271 e. The van der Waals surface area contributed by atoms with Gasteiger partial charge in [-0.2, -0.15) is 0 Å². The SMILES string of the molecule is Cc1cccc2c1CSc1ccccc1C2N1CNC(=O)c2c(C)c(=O)ccn21. The van der Waals surface area contributed by atoms with Gasteiger partial charge in [0.1, 0.15) is 12.4 Å². The second-order valence-electron chi connectivity index (χ2n) is 7.47. The number of nitrogens with zero attached hydrogens (tertiary/aromatic N) is 2. The van der Waals surface area contributed by atoms with Crippen LogP contribution < -0.4 is 15.8 Å². The highest BCUT2D eigenvalue weighted by molar-refractivity contribution is 7.98. The summed E-state index contributed by atoms with van der Waals surface area (Å²) < 4.78 is 1.86. The van der Waals surface area contributed by atoms with Crippen LogP contribution in [0.25, 0.3) is 0 Å². The van der Waals surface area contributed by atoms with Gasteiger partial charge in [-0.1, -0.05) is 36.4 Å². The van der Waals surface area contributed by atoms with Gasteiger partial charge in [0.05, 0.1) is 6.04 Å². The molecule has 2 aliphatic heterocycles. The van der Waals surface area contributed by atoms with Crippen LogP contribution in [-0.4, -0.2) is 17.3 Å². The number of hydrogen-bond donors (Lipinski definition) is 1. The Morgan fingerprint density at radius 1 is 1.00 bits per heavy atom. The van der Waals surface area contributed by atoms with E-state index in [1.54, 1.807) is 19.2 Å². The summed E-state index contributed by atoms with van der Waals surface area (Å²) in [5.41, 5.74) is 5.80. The topological polar surface area (TPSA) is 54.3 Å². The highest BCUT2D eigenvalue weighted by Crippen LogP contribution is 2.42. The first-order valence-electron chi connectivity index (χ1n) is 9.64. The van der Waals surface area contributed by atoms with Crippen molar-refractivity contribution in [1.82, 2.24) is 9.99 Å². The number of amides is 1. The zero-order valence-corrected chi connectivity index (χ0v) is 17.1. The second kappa shape index (κ2) is 6.81. The van der Waals surface area contributed by atoms with E-state index in [0.717, 1.165) is 5.75 Å². The number of pyridine rings is 1. The van der Waals surface area contributed by atoms with Crippen LogP contribution in [0.5, 0.6) is 0 Å². The van der Waals surface area contributed by atoms with Crippen LogP contribution in [0.2, 0.25) is 0 Å². The Labute approximate surface area is 173 Å². The molecule has 1 N–H and O–H groups in total. The van der Waals surface area contributed by atoms with E-state index in [0.29, 0.717) is 17.9 Å². The number of aromatic nitrogens is 1. The lowest BCUT2D eigenvalue weighted by Gasteiger charge is -2.40. The van der Waals surface area contributed by atoms with E-state index in [1.165, 1.54) is 27.1 Å². The molecule has 29 heavy (non-hydrogen) atoms. The summed E-state index contributed by atoms with van der Waals surface area (Å²) in [6.45, 7) is 4.23. The first kappa shape index (κ1) is 18.1. The first-order chi connectivity index (χ1) is 14.1. The van der Waals surface area contributed by atoms with Crippen molar-refractivity contribution in [3.63, 3.8) is 0 Å². The molecule has 1 unspecified atom stereocenters. The Kier molecular flexibility index (Phi) is 4.24. The van der Waals surface area contributed by atoms with Crippen LogP contribution in [0, 0.1) is 13.8 Å². The number of aryl methyl sites for hydroxylation is 1. The molecule has 5 rings (SSSR count). The number of fused-ring (bicyclic) bond motifs is 3. The normalized spacial score (nSPS) is 17.7. The molecule has 0 aliphatic carbocycles. The van der Waals surface area contributed by atoms with Gasteiger partial charge in [-0.25, -0.2) is 0 Å². The number of rotatable bonds is 1. The monoisotopic (exact) mass is 403 g/mol. The molecule has 2 aliphatic rings. The van der Waals surface area contributed by atoms with Crippen molar-refractivity contribution < 1.29 is 4.79 Å². The average molecular weight is 404 g/mol. The van der Waals surface area contributed by atoms with Crippen LogP contribution in [0.15, 0.2) is 64.4 Å². The molecule has 1 atom stereocenters. The van der Waals surface area contributed by atoms with Gasteiger partial charge in [-0.15, -0.1) is 11.8 Å². The van der Waals surface area contributed by atoms with Gasteiger partial charge in [0, 0.05) is 28.5 Å². The minimum atomic E-state index is -0.211. The highest BCUT2D eigenvalue weighted by Gasteiger charge is 2.34. The van der Waals surface area contributed by atoms with Gasteiger partial charge >= 0.3 is 0 Å². The fourth-order valence-electron chi connectivity index (χ4n) is 4.30. The highest BCUT2D eigenvalue weighted by atomic mass is 32.2. The number of carbonyl (C=O) groups is 1. The van der Waals surface area contributed by atoms with E-state index in [9.17, 15) is 9.59 Å². The van der Waals surface area contributed by atoms with Crippen LogP contribution in [0.3, 0.4) is 0 Å².